The number of aryl methyl sites for hydroxylation is 1. The third-order valence-corrected chi connectivity index (χ3v) is 1.95. The monoisotopic (exact) mass is 191 g/mol. The van der Waals surface area contributed by atoms with E-state index in [1.54, 1.807) is 13.0 Å². The lowest BCUT2D eigenvalue weighted by Gasteiger charge is -1.91. The molecule has 0 saturated carbocycles. The molecule has 0 fully saturated rings. The largest absolute Gasteiger partial charge is 0.512 e. The molecule has 72 valence electrons. The summed E-state index contributed by atoms with van der Waals surface area (Å²) < 4.78 is 1.18. The highest BCUT2D eigenvalue weighted by Gasteiger charge is 2.04. The number of hydrogen-bond donors (Lipinski definition) is 1. The lowest BCUT2D eigenvalue weighted by molar-refractivity contribution is 0.497. The highest BCUT2D eigenvalue weighted by atomic mass is 16.3. The first kappa shape index (κ1) is 8.68. The number of fused-ring (bicyclic) bond motifs is 1. The summed E-state index contributed by atoms with van der Waals surface area (Å²) in [5.41, 5.74) is 0.878. The predicted octanol–water partition coefficient (Wildman–Crippen LogP) is -0.197. The molecular formula is C9H9N3O2. The quantitative estimate of drug-likeness (QED) is 0.626. The van der Waals surface area contributed by atoms with E-state index in [0.717, 1.165) is 5.69 Å². The van der Waals surface area contributed by atoms with Crippen molar-refractivity contribution in [1.29, 1.82) is 0 Å². The normalized spacial score (nSPS) is 13.3. The molecule has 0 aliphatic carbocycles. The van der Waals surface area contributed by atoms with Crippen LogP contribution in [0.4, 0.5) is 0 Å². The van der Waals surface area contributed by atoms with Gasteiger partial charge in [0, 0.05) is 12.3 Å². The molecule has 0 saturated heterocycles. The van der Waals surface area contributed by atoms with E-state index in [2.05, 4.69) is 10.1 Å². The molecule has 5 heteroatoms. The lowest BCUT2D eigenvalue weighted by Crippen LogP contribution is -2.33. The first-order chi connectivity index (χ1) is 6.59. The minimum absolute atomic E-state index is 0.0439. The Labute approximate surface area is 79.3 Å². The second kappa shape index (κ2) is 2.80. The molecular weight excluding hydrogens is 182 g/mol. The molecule has 0 aliphatic heterocycles. The number of rotatable bonds is 0. The van der Waals surface area contributed by atoms with Crippen molar-refractivity contribution in [3.8, 4) is 0 Å². The molecule has 0 aliphatic rings. The van der Waals surface area contributed by atoms with Gasteiger partial charge in [-0.15, -0.1) is 0 Å². The summed E-state index contributed by atoms with van der Waals surface area (Å²) in [6.45, 7) is 3.23. The molecule has 2 heterocycles. The highest BCUT2D eigenvalue weighted by molar-refractivity contribution is 5.40. The first-order valence-corrected chi connectivity index (χ1v) is 4.15. The van der Waals surface area contributed by atoms with Gasteiger partial charge in [0.05, 0.1) is 10.9 Å². The van der Waals surface area contributed by atoms with Gasteiger partial charge in [0.1, 0.15) is 5.76 Å². The Morgan fingerprint density at radius 3 is 2.93 bits per heavy atom. The van der Waals surface area contributed by atoms with Crippen LogP contribution in [0, 0.1) is 6.92 Å². The zero-order valence-electron chi connectivity index (χ0n) is 7.85. The van der Waals surface area contributed by atoms with E-state index in [1.165, 1.54) is 17.6 Å². The van der Waals surface area contributed by atoms with Gasteiger partial charge in [-0.25, -0.2) is 4.98 Å². The molecule has 0 atom stereocenters. The third-order valence-electron chi connectivity index (χ3n) is 1.95. The van der Waals surface area contributed by atoms with Crippen LogP contribution >= 0.6 is 0 Å². The maximum atomic E-state index is 11.7. The predicted molar refractivity (Wildman–Crippen MR) is 50.9 cm³/mol. The van der Waals surface area contributed by atoms with Crippen LogP contribution in [0.2, 0.25) is 0 Å². The van der Waals surface area contributed by atoms with Crippen molar-refractivity contribution in [2.45, 2.75) is 13.8 Å². The van der Waals surface area contributed by atoms with E-state index in [4.69, 9.17) is 0 Å². The van der Waals surface area contributed by atoms with Crippen LogP contribution in [0.25, 0.3) is 11.4 Å². The SMILES string of the molecule is CC(O)=c1cnc2cc(C)nn2c1=O. The van der Waals surface area contributed by atoms with Gasteiger partial charge in [-0.1, -0.05) is 0 Å². The minimum atomic E-state index is -0.344. The summed E-state index contributed by atoms with van der Waals surface area (Å²) >= 11 is 0. The zero-order valence-corrected chi connectivity index (χ0v) is 7.85. The topological polar surface area (TPSA) is 67.5 Å². The lowest BCUT2D eigenvalue weighted by atomic mass is 10.4. The summed E-state index contributed by atoms with van der Waals surface area (Å²) in [6, 6.07) is 1.71. The standard InChI is InChI=1S/C9H9N3O2/c1-5-3-8-10-4-7(6(2)13)9(14)12(8)11-5/h3-4,13H,1-2H3. The highest BCUT2D eigenvalue weighted by Crippen LogP contribution is 1.96. The summed E-state index contributed by atoms with van der Waals surface area (Å²) in [5, 5.41) is 13.4. The number of aromatic nitrogens is 3. The summed E-state index contributed by atoms with van der Waals surface area (Å²) in [4.78, 5) is 15.7. The second-order valence-electron chi connectivity index (χ2n) is 3.12. The Balaban J connectivity index is 3.03. The second-order valence-corrected chi connectivity index (χ2v) is 3.12. The van der Waals surface area contributed by atoms with Crippen LogP contribution in [0.15, 0.2) is 17.1 Å². The molecule has 2 aromatic heterocycles. The summed E-state index contributed by atoms with van der Waals surface area (Å²) in [6.07, 6.45) is 1.36. The van der Waals surface area contributed by atoms with Crippen LogP contribution in [0.1, 0.15) is 12.6 Å². The molecule has 2 aromatic rings. The van der Waals surface area contributed by atoms with Crippen molar-refractivity contribution in [3.63, 3.8) is 0 Å². The van der Waals surface area contributed by atoms with Gasteiger partial charge in [0.2, 0.25) is 0 Å². The van der Waals surface area contributed by atoms with Gasteiger partial charge in [-0.05, 0) is 13.8 Å². The van der Waals surface area contributed by atoms with Crippen molar-refractivity contribution in [2.75, 3.05) is 0 Å². The zero-order chi connectivity index (χ0) is 10.3. The molecule has 1 N–H and O–H groups in total. The molecule has 0 unspecified atom stereocenters. The fraction of sp³-hybridized carbons (Fsp3) is 0.222. The Morgan fingerprint density at radius 2 is 2.29 bits per heavy atom. The fourth-order valence-electron chi connectivity index (χ4n) is 1.28. The maximum Gasteiger partial charge on any atom is 0.285 e. The number of aliphatic hydroxyl groups excluding tert-OH is 1. The smallest absolute Gasteiger partial charge is 0.285 e. The van der Waals surface area contributed by atoms with Gasteiger partial charge >= 0.3 is 0 Å². The summed E-state index contributed by atoms with van der Waals surface area (Å²) in [5.74, 6) is -0.0439. The van der Waals surface area contributed by atoms with Crippen LogP contribution in [-0.4, -0.2) is 19.7 Å². The van der Waals surface area contributed by atoms with Crippen molar-refractivity contribution in [3.05, 3.63) is 33.5 Å². The van der Waals surface area contributed by atoms with E-state index in [9.17, 15) is 9.90 Å². The molecule has 0 amide bonds. The molecule has 0 radical (unpaired) electrons. The average molecular weight is 191 g/mol. The van der Waals surface area contributed by atoms with E-state index in [0.29, 0.717) is 5.65 Å². The Bertz CT molecular complexity index is 596. The first-order valence-electron chi connectivity index (χ1n) is 4.15. The van der Waals surface area contributed by atoms with Gasteiger partial charge in [-0.3, -0.25) is 4.79 Å². The number of aliphatic hydroxyl groups is 1. The molecule has 0 bridgehead atoms. The third kappa shape index (κ3) is 1.14. The van der Waals surface area contributed by atoms with Gasteiger partial charge in [0.15, 0.2) is 5.65 Å². The summed E-state index contributed by atoms with van der Waals surface area (Å²) in [7, 11) is 0. The van der Waals surface area contributed by atoms with E-state index in [1.807, 2.05) is 0 Å². The van der Waals surface area contributed by atoms with Crippen molar-refractivity contribution in [2.24, 2.45) is 0 Å². The van der Waals surface area contributed by atoms with Crippen LogP contribution in [0.5, 0.6) is 0 Å². The average Bonchev–Trinajstić information content (AvgIpc) is 2.46. The van der Waals surface area contributed by atoms with Gasteiger partial charge < -0.3 is 5.11 Å². The van der Waals surface area contributed by atoms with Crippen molar-refractivity contribution < 1.29 is 5.11 Å². The van der Waals surface area contributed by atoms with E-state index < -0.39 is 0 Å². The number of nitrogens with zero attached hydrogens (tertiary/aromatic N) is 3. The minimum Gasteiger partial charge on any atom is -0.512 e. The molecule has 5 nitrogen and oxygen atoms in total. The van der Waals surface area contributed by atoms with Crippen LogP contribution in [0.3, 0.4) is 0 Å². The molecule has 14 heavy (non-hydrogen) atoms. The van der Waals surface area contributed by atoms with Crippen LogP contribution in [-0.2, 0) is 0 Å². The van der Waals surface area contributed by atoms with E-state index in [-0.39, 0.29) is 16.5 Å². The van der Waals surface area contributed by atoms with Crippen LogP contribution < -0.4 is 10.8 Å². The number of hydrogen-bond acceptors (Lipinski definition) is 4. The molecule has 2 rings (SSSR count). The Hall–Kier alpha value is -1.91. The molecule has 0 spiro atoms. The maximum absolute atomic E-state index is 11.7. The van der Waals surface area contributed by atoms with E-state index >= 15 is 0 Å². The Kier molecular flexibility index (Phi) is 1.73. The van der Waals surface area contributed by atoms with Gasteiger partial charge in [-0.2, -0.15) is 9.61 Å². The fourth-order valence-corrected chi connectivity index (χ4v) is 1.28. The Morgan fingerprint density at radius 1 is 1.57 bits per heavy atom. The van der Waals surface area contributed by atoms with Gasteiger partial charge in [0.25, 0.3) is 5.56 Å². The van der Waals surface area contributed by atoms with Crippen molar-refractivity contribution in [1.82, 2.24) is 14.6 Å². The van der Waals surface area contributed by atoms with Crippen molar-refractivity contribution >= 4 is 11.4 Å². The molecule has 0 aromatic carbocycles.